The minimum absolute atomic E-state index is 0.00595. The van der Waals surface area contributed by atoms with Crippen molar-refractivity contribution in [2.45, 2.75) is 55.6 Å². The van der Waals surface area contributed by atoms with Crippen LogP contribution in [0.1, 0.15) is 13.8 Å². The Bertz CT molecular complexity index is 1750. The lowest BCUT2D eigenvalue weighted by atomic mass is 10.3. The molecule has 5 rings (SSSR count). The van der Waals surface area contributed by atoms with Crippen molar-refractivity contribution >= 4 is 11.8 Å². The van der Waals surface area contributed by atoms with E-state index in [1.54, 1.807) is 11.8 Å². The molecule has 61 heavy (non-hydrogen) atoms. The molecule has 6 atom stereocenters. The summed E-state index contributed by atoms with van der Waals surface area (Å²) < 4.78 is 61.6. The predicted octanol–water partition coefficient (Wildman–Crippen LogP) is 8.40. The van der Waals surface area contributed by atoms with E-state index in [0.29, 0.717) is 30.5 Å². The number of aliphatic hydroxyl groups excluding tert-OH is 1. The molecule has 0 bridgehead atoms. The molecule has 328 valence electrons. The van der Waals surface area contributed by atoms with Crippen LogP contribution in [-0.2, 0) is 28.4 Å². The standard InChI is InChI=1S/C49H60O11S/c1-3-51-39(2)52-31-45(58-35-46(32-55-42-21-11-5-12-22-42)54-30-40(50)29-53-41-19-9-4-10-20-41)34-59-47(33-56-43-23-13-6-14-24-43)36-60-48(37-57-44-25-15-7-16-26-44)38-61-49-27-17-8-18-28-49/h4-28,39-40,45-48,50H,3,29-38H2,1-2H3. The van der Waals surface area contributed by atoms with Gasteiger partial charge >= 0.3 is 0 Å². The highest BCUT2D eigenvalue weighted by molar-refractivity contribution is 7.99. The summed E-state index contributed by atoms with van der Waals surface area (Å²) in [6.45, 7) is 5.76. The summed E-state index contributed by atoms with van der Waals surface area (Å²) in [6, 6.07) is 48.3. The van der Waals surface area contributed by atoms with Gasteiger partial charge < -0.3 is 52.5 Å². The summed E-state index contributed by atoms with van der Waals surface area (Å²) in [5, 5.41) is 10.8. The zero-order chi connectivity index (χ0) is 42.6. The molecule has 0 amide bonds. The van der Waals surface area contributed by atoms with E-state index in [1.165, 1.54) is 0 Å². The van der Waals surface area contributed by atoms with Crippen LogP contribution in [0.5, 0.6) is 23.0 Å². The molecule has 0 aliphatic carbocycles. The highest BCUT2D eigenvalue weighted by Crippen LogP contribution is 2.21. The molecule has 0 aliphatic rings. The molecule has 0 saturated carbocycles. The quantitative estimate of drug-likeness (QED) is 0.0331. The zero-order valence-corrected chi connectivity index (χ0v) is 35.9. The first-order chi connectivity index (χ1) is 30.0. The van der Waals surface area contributed by atoms with Gasteiger partial charge in [0.25, 0.3) is 0 Å². The Morgan fingerprint density at radius 2 is 0.738 bits per heavy atom. The number of thioether (sulfide) groups is 1. The zero-order valence-electron chi connectivity index (χ0n) is 35.1. The first-order valence-corrected chi connectivity index (χ1v) is 21.8. The molecule has 0 radical (unpaired) electrons. The number of ether oxygens (including phenoxy) is 10. The average Bonchev–Trinajstić information content (AvgIpc) is 3.31. The molecule has 0 aliphatic heterocycles. The number of hydrogen-bond donors (Lipinski definition) is 1. The fourth-order valence-corrected chi connectivity index (χ4v) is 6.58. The van der Waals surface area contributed by atoms with E-state index in [-0.39, 0.29) is 59.0 Å². The second kappa shape index (κ2) is 28.8. The van der Waals surface area contributed by atoms with Crippen molar-refractivity contribution in [3.05, 3.63) is 152 Å². The molecule has 0 spiro atoms. The Hall–Kier alpha value is -4.63. The molecule has 5 aromatic rings. The number of benzene rings is 5. The topological polar surface area (TPSA) is 113 Å². The van der Waals surface area contributed by atoms with Crippen LogP contribution in [0.2, 0.25) is 0 Å². The molecule has 11 nitrogen and oxygen atoms in total. The van der Waals surface area contributed by atoms with E-state index < -0.39 is 30.7 Å². The van der Waals surface area contributed by atoms with Gasteiger partial charge in [0.1, 0.15) is 79.9 Å². The van der Waals surface area contributed by atoms with Crippen molar-refractivity contribution in [3.63, 3.8) is 0 Å². The van der Waals surface area contributed by atoms with Gasteiger partial charge in [0.15, 0.2) is 6.29 Å². The summed E-state index contributed by atoms with van der Waals surface area (Å²) in [7, 11) is 0. The fourth-order valence-electron chi connectivity index (χ4n) is 5.66. The van der Waals surface area contributed by atoms with Crippen molar-refractivity contribution in [2.24, 2.45) is 0 Å². The first-order valence-electron chi connectivity index (χ1n) is 20.8. The second-order valence-corrected chi connectivity index (χ2v) is 15.0. The SMILES string of the molecule is CCOC(C)OCC(COC(COc1ccccc1)COC(COc1ccccc1)CSc1ccccc1)OCC(COc1ccccc1)OCC(O)COc1ccccc1. The molecule has 6 unspecified atom stereocenters. The highest BCUT2D eigenvalue weighted by atomic mass is 32.2. The van der Waals surface area contributed by atoms with Crippen LogP contribution in [0.4, 0.5) is 0 Å². The number of rotatable bonds is 32. The lowest BCUT2D eigenvalue weighted by Crippen LogP contribution is -2.39. The van der Waals surface area contributed by atoms with Gasteiger partial charge in [-0.25, -0.2) is 0 Å². The molecular weight excluding hydrogens is 797 g/mol. The van der Waals surface area contributed by atoms with Gasteiger partial charge in [-0.2, -0.15) is 0 Å². The van der Waals surface area contributed by atoms with Crippen molar-refractivity contribution < 1.29 is 52.5 Å². The van der Waals surface area contributed by atoms with E-state index in [4.69, 9.17) is 47.4 Å². The van der Waals surface area contributed by atoms with Crippen LogP contribution in [-0.4, -0.2) is 114 Å². The van der Waals surface area contributed by atoms with E-state index in [1.807, 2.05) is 153 Å². The van der Waals surface area contributed by atoms with E-state index >= 15 is 0 Å². The van der Waals surface area contributed by atoms with Gasteiger partial charge in [-0.3, -0.25) is 0 Å². The van der Waals surface area contributed by atoms with Crippen LogP contribution in [0.15, 0.2) is 157 Å². The van der Waals surface area contributed by atoms with Gasteiger partial charge in [0, 0.05) is 17.3 Å². The summed E-state index contributed by atoms with van der Waals surface area (Å²) in [5.74, 6) is 3.51. The smallest absolute Gasteiger partial charge is 0.154 e. The Labute approximate surface area is 365 Å². The number of para-hydroxylation sites is 4. The maximum absolute atomic E-state index is 10.8. The Morgan fingerprint density at radius 1 is 0.393 bits per heavy atom. The Kier molecular flexibility index (Phi) is 22.4. The largest absolute Gasteiger partial charge is 0.491 e. The third kappa shape index (κ3) is 20.2. The Balaban J connectivity index is 1.24. The van der Waals surface area contributed by atoms with Gasteiger partial charge in [0.05, 0.1) is 33.0 Å². The summed E-state index contributed by atoms with van der Waals surface area (Å²) in [6.07, 6.45) is -3.17. The molecule has 0 fully saturated rings. The van der Waals surface area contributed by atoms with Gasteiger partial charge in [-0.1, -0.05) is 91.0 Å². The van der Waals surface area contributed by atoms with E-state index in [0.717, 1.165) is 16.4 Å². The average molecular weight is 857 g/mol. The van der Waals surface area contributed by atoms with Crippen LogP contribution < -0.4 is 18.9 Å². The third-order valence-electron chi connectivity index (χ3n) is 8.90. The highest BCUT2D eigenvalue weighted by Gasteiger charge is 2.23. The normalized spacial score (nSPS) is 14.3. The summed E-state index contributed by atoms with van der Waals surface area (Å²) in [4.78, 5) is 1.14. The van der Waals surface area contributed by atoms with Crippen molar-refractivity contribution in [1.29, 1.82) is 0 Å². The maximum atomic E-state index is 10.8. The van der Waals surface area contributed by atoms with Crippen molar-refractivity contribution in [1.82, 2.24) is 0 Å². The molecule has 1 N–H and O–H groups in total. The van der Waals surface area contributed by atoms with Gasteiger partial charge in [-0.05, 0) is 74.5 Å². The molecular formula is C49H60O11S. The molecule has 0 aromatic heterocycles. The molecule has 5 aromatic carbocycles. The number of aliphatic hydroxyl groups is 1. The molecule has 12 heteroatoms. The van der Waals surface area contributed by atoms with E-state index in [9.17, 15) is 5.11 Å². The van der Waals surface area contributed by atoms with Crippen LogP contribution in [0.3, 0.4) is 0 Å². The van der Waals surface area contributed by atoms with E-state index in [2.05, 4.69) is 12.1 Å². The molecule has 0 heterocycles. The monoisotopic (exact) mass is 856 g/mol. The molecule has 0 saturated heterocycles. The summed E-state index contributed by atoms with van der Waals surface area (Å²) in [5.41, 5.74) is 0. The Morgan fingerprint density at radius 3 is 1.18 bits per heavy atom. The van der Waals surface area contributed by atoms with Crippen LogP contribution in [0, 0.1) is 0 Å². The van der Waals surface area contributed by atoms with Gasteiger partial charge in [-0.15, -0.1) is 11.8 Å². The first kappa shape index (κ1) is 47.4. The minimum atomic E-state index is -0.882. The maximum Gasteiger partial charge on any atom is 0.154 e. The summed E-state index contributed by atoms with van der Waals surface area (Å²) >= 11 is 1.71. The lowest BCUT2D eigenvalue weighted by molar-refractivity contribution is -0.173. The van der Waals surface area contributed by atoms with Crippen LogP contribution in [0.25, 0.3) is 0 Å². The third-order valence-corrected chi connectivity index (χ3v) is 10.0. The van der Waals surface area contributed by atoms with Crippen molar-refractivity contribution in [2.75, 3.05) is 71.8 Å². The lowest BCUT2D eigenvalue weighted by Gasteiger charge is -2.27. The van der Waals surface area contributed by atoms with Crippen molar-refractivity contribution in [3.8, 4) is 23.0 Å². The predicted molar refractivity (Wildman–Crippen MR) is 237 cm³/mol. The fraction of sp³-hybridized carbons (Fsp3) is 0.388. The number of hydrogen-bond acceptors (Lipinski definition) is 12. The van der Waals surface area contributed by atoms with Crippen LogP contribution >= 0.6 is 11.8 Å². The van der Waals surface area contributed by atoms with Gasteiger partial charge in [0.2, 0.25) is 0 Å². The second-order valence-electron chi connectivity index (χ2n) is 14.0. The minimum Gasteiger partial charge on any atom is -0.491 e.